The number of pyridine rings is 1. The van der Waals surface area contributed by atoms with Crippen molar-refractivity contribution in [2.24, 2.45) is 0 Å². The maximum atomic E-state index is 13.9. The van der Waals surface area contributed by atoms with Crippen LogP contribution in [0.5, 0.6) is 5.75 Å². The molecule has 9 heteroatoms. The van der Waals surface area contributed by atoms with Gasteiger partial charge in [-0.15, -0.1) is 0 Å². The number of hydrogen-bond donors (Lipinski definition) is 0. The van der Waals surface area contributed by atoms with Crippen LogP contribution in [0.1, 0.15) is 51.3 Å². The number of allylic oxidation sites excluding steroid dienone is 1. The average molecular weight is 517 g/mol. The topological polar surface area (TPSA) is 60.2 Å². The van der Waals surface area contributed by atoms with Crippen LogP contribution in [-0.2, 0) is 4.79 Å². The first kappa shape index (κ1) is 25.2. The summed E-state index contributed by atoms with van der Waals surface area (Å²) in [6.07, 6.45) is 9.91. The van der Waals surface area contributed by atoms with Gasteiger partial charge in [0, 0.05) is 53.3 Å². The summed E-state index contributed by atoms with van der Waals surface area (Å²) in [6, 6.07) is 4.77. The first-order chi connectivity index (χ1) is 16.7. The number of aromatic nitrogens is 3. The number of likely N-dealkylation sites (tertiary alicyclic amines) is 1. The molecule has 1 unspecified atom stereocenters. The second kappa shape index (κ2) is 10.8. The molecule has 2 aromatic heterocycles. The molecule has 0 saturated carbocycles. The zero-order chi connectivity index (χ0) is 25.1. The van der Waals surface area contributed by atoms with E-state index in [2.05, 4.69) is 10.1 Å². The molecular weight excluding hydrogens is 490 g/mol. The Balaban J connectivity index is 1.44. The number of rotatable bonds is 6. The molecule has 0 radical (unpaired) electrons. The van der Waals surface area contributed by atoms with Gasteiger partial charge in [-0.2, -0.15) is 5.10 Å². The summed E-state index contributed by atoms with van der Waals surface area (Å²) in [4.78, 5) is 18.4. The quantitative estimate of drug-likeness (QED) is 0.271. The molecule has 0 N–H and O–H groups in total. The smallest absolute Gasteiger partial charge is 0.246 e. The molecule has 1 aliphatic heterocycles. The molecule has 1 saturated heterocycles. The third kappa shape index (κ3) is 5.85. The van der Waals surface area contributed by atoms with E-state index >= 15 is 0 Å². The van der Waals surface area contributed by atoms with Gasteiger partial charge in [0.2, 0.25) is 5.91 Å². The summed E-state index contributed by atoms with van der Waals surface area (Å²) in [5.74, 6) is 0.0284. The van der Waals surface area contributed by atoms with Crippen LogP contribution in [-0.4, -0.2) is 38.7 Å². The van der Waals surface area contributed by atoms with E-state index in [1.807, 2.05) is 35.7 Å². The Morgan fingerprint density at radius 1 is 1.17 bits per heavy atom. The van der Waals surface area contributed by atoms with Gasteiger partial charge >= 0.3 is 0 Å². The number of nitrogens with zero attached hydrogens (tertiary/aromatic N) is 4. The van der Waals surface area contributed by atoms with E-state index in [1.54, 1.807) is 31.6 Å². The van der Waals surface area contributed by atoms with Crippen LogP contribution in [0.3, 0.4) is 0 Å². The molecule has 0 aliphatic carbocycles. The predicted octanol–water partition coefficient (Wildman–Crippen LogP) is 6.66. The van der Waals surface area contributed by atoms with E-state index in [-0.39, 0.29) is 17.0 Å². The molecule has 4 rings (SSSR count). The number of carbonyl (C=O) groups is 1. The molecule has 184 valence electrons. The van der Waals surface area contributed by atoms with Crippen molar-refractivity contribution in [3.05, 3.63) is 76.1 Å². The number of benzene rings is 1. The van der Waals surface area contributed by atoms with E-state index in [1.165, 1.54) is 12.1 Å². The largest absolute Gasteiger partial charge is 0.484 e. The molecular formula is C26H27Cl2FN4O2. The molecule has 3 aromatic rings. The number of hydrogen-bond acceptors (Lipinski definition) is 4. The minimum atomic E-state index is -0.579. The fraction of sp³-hybridized carbons (Fsp3) is 0.346. The molecule has 1 aliphatic rings. The molecule has 1 atom stereocenters. The highest BCUT2D eigenvalue weighted by molar-refractivity contribution is 6.36. The average Bonchev–Trinajstić information content (AvgIpc) is 3.32. The molecule has 3 heterocycles. The van der Waals surface area contributed by atoms with E-state index in [4.69, 9.17) is 27.9 Å². The zero-order valence-electron chi connectivity index (χ0n) is 19.8. The van der Waals surface area contributed by atoms with Crippen molar-refractivity contribution in [3.8, 4) is 16.9 Å². The van der Waals surface area contributed by atoms with Crippen LogP contribution in [0.25, 0.3) is 11.1 Å². The van der Waals surface area contributed by atoms with Crippen LogP contribution in [0, 0.1) is 5.82 Å². The van der Waals surface area contributed by atoms with Gasteiger partial charge in [0.15, 0.2) is 0 Å². The molecule has 35 heavy (non-hydrogen) atoms. The van der Waals surface area contributed by atoms with Crippen molar-refractivity contribution < 1.29 is 13.9 Å². The van der Waals surface area contributed by atoms with Crippen LogP contribution >= 0.6 is 23.2 Å². The van der Waals surface area contributed by atoms with Gasteiger partial charge in [-0.1, -0.05) is 28.8 Å². The fourth-order valence-electron chi connectivity index (χ4n) is 4.20. The number of piperidine rings is 1. The highest BCUT2D eigenvalue weighted by Gasteiger charge is 2.24. The Labute approximate surface area is 214 Å². The summed E-state index contributed by atoms with van der Waals surface area (Å²) in [6.45, 7) is 7.02. The molecule has 0 spiro atoms. The van der Waals surface area contributed by atoms with Crippen LogP contribution in [0.4, 0.5) is 4.39 Å². The van der Waals surface area contributed by atoms with Gasteiger partial charge in [0.1, 0.15) is 17.7 Å². The van der Waals surface area contributed by atoms with Crippen molar-refractivity contribution in [1.29, 1.82) is 0 Å². The summed E-state index contributed by atoms with van der Waals surface area (Å²) in [7, 11) is 0. The molecule has 1 amide bonds. The number of halogens is 3. The monoisotopic (exact) mass is 516 g/mol. The third-order valence-electron chi connectivity index (χ3n) is 6.01. The van der Waals surface area contributed by atoms with E-state index < -0.39 is 11.9 Å². The van der Waals surface area contributed by atoms with E-state index in [9.17, 15) is 9.18 Å². The normalized spacial score (nSPS) is 15.1. The Morgan fingerprint density at radius 3 is 2.63 bits per heavy atom. The zero-order valence-corrected chi connectivity index (χ0v) is 21.4. The number of amides is 1. The Hall–Kier alpha value is -2.90. The van der Waals surface area contributed by atoms with Crippen molar-refractivity contribution in [2.45, 2.75) is 45.8 Å². The molecule has 1 fully saturated rings. The second-order valence-corrected chi connectivity index (χ2v) is 9.70. The maximum absolute atomic E-state index is 13.9. The SMILES string of the molecule is CC(C)=CC(=O)N1CCC(n2cc(-c3cncc(OC(C)c4c(Cl)ccc(F)c4Cl)c3)cn2)CC1. The van der Waals surface area contributed by atoms with Gasteiger partial charge < -0.3 is 9.64 Å². The van der Waals surface area contributed by atoms with Crippen LogP contribution < -0.4 is 4.74 Å². The Kier molecular flexibility index (Phi) is 7.77. The van der Waals surface area contributed by atoms with Gasteiger partial charge in [-0.05, 0) is 51.8 Å². The first-order valence-electron chi connectivity index (χ1n) is 11.5. The lowest BCUT2D eigenvalue weighted by atomic mass is 10.0. The Bertz CT molecular complexity index is 1250. The highest BCUT2D eigenvalue weighted by atomic mass is 35.5. The van der Waals surface area contributed by atoms with Crippen molar-refractivity contribution in [1.82, 2.24) is 19.7 Å². The lowest BCUT2D eigenvalue weighted by molar-refractivity contribution is -0.127. The minimum Gasteiger partial charge on any atom is -0.484 e. The van der Waals surface area contributed by atoms with Crippen molar-refractivity contribution >= 4 is 29.1 Å². The van der Waals surface area contributed by atoms with E-state index in [0.29, 0.717) is 29.4 Å². The number of carbonyl (C=O) groups excluding carboxylic acids is 1. The van der Waals surface area contributed by atoms with Gasteiger partial charge in [0.25, 0.3) is 0 Å². The molecule has 6 nitrogen and oxygen atoms in total. The molecule has 0 bridgehead atoms. The minimum absolute atomic E-state index is 0.0519. The summed E-state index contributed by atoms with van der Waals surface area (Å²) >= 11 is 12.4. The lowest BCUT2D eigenvalue weighted by Gasteiger charge is -2.31. The highest BCUT2D eigenvalue weighted by Crippen LogP contribution is 2.35. The third-order valence-corrected chi connectivity index (χ3v) is 6.72. The van der Waals surface area contributed by atoms with Crippen LogP contribution in [0.2, 0.25) is 10.0 Å². The first-order valence-corrected chi connectivity index (χ1v) is 12.2. The lowest BCUT2D eigenvalue weighted by Crippen LogP contribution is -2.38. The second-order valence-electron chi connectivity index (χ2n) is 8.91. The standard InChI is InChI=1S/C26H27Cl2FN4O2/c1-16(2)10-24(34)32-8-6-20(7-9-32)33-15-19(13-31-33)18-11-21(14-30-12-18)35-17(3)25-22(27)4-5-23(29)26(25)28/h4-5,10-15,17,20H,6-9H2,1-3H3. The van der Waals surface area contributed by atoms with Crippen molar-refractivity contribution in [2.75, 3.05) is 13.1 Å². The summed E-state index contributed by atoms with van der Waals surface area (Å²) < 4.78 is 21.9. The summed E-state index contributed by atoms with van der Waals surface area (Å²) in [5.41, 5.74) is 3.14. The van der Waals surface area contributed by atoms with Gasteiger partial charge in [0.05, 0.1) is 23.5 Å². The fourth-order valence-corrected chi connectivity index (χ4v) is 4.87. The predicted molar refractivity (Wildman–Crippen MR) is 135 cm³/mol. The summed E-state index contributed by atoms with van der Waals surface area (Å²) in [5, 5.41) is 4.85. The number of ether oxygens (including phenoxy) is 1. The van der Waals surface area contributed by atoms with E-state index in [0.717, 1.165) is 29.5 Å². The molecule has 1 aromatic carbocycles. The Morgan fingerprint density at radius 2 is 1.91 bits per heavy atom. The van der Waals surface area contributed by atoms with Crippen molar-refractivity contribution in [3.63, 3.8) is 0 Å². The maximum Gasteiger partial charge on any atom is 0.246 e. The van der Waals surface area contributed by atoms with Crippen LogP contribution in [0.15, 0.2) is 54.6 Å². The van der Waals surface area contributed by atoms with Gasteiger partial charge in [-0.3, -0.25) is 14.5 Å². The van der Waals surface area contributed by atoms with Gasteiger partial charge in [-0.25, -0.2) is 4.39 Å².